The number of thioether (sulfide) groups is 1. The van der Waals surface area contributed by atoms with Crippen molar-refractivity contribution in [3.8, 4) is 23.1 Å². The van der Waals surface area contributed by atoms with Crippen LogP contribution < -0.4 is 5.32 Å². The predicted octanol–water partition coefficient (Wildman–Crippen LogP) is 5.58. The van der Waals surface area contributed by atoms with Crippen molar-refractivity contribution in [3.05, 3.63) is 89.4 Å². The number of carbonyl (C=O) groups is 1. The van der Waals surface area contributed by atoms with Crippen molar-refractivity contribution in [1.29, 1.82) is 5.26 Å². The summed E-state index contributed by atoms with van der Waals surface area (Å²) in [6, 6.07) is 26.1. The maximum Gasteiger partial charge on any atom is 0.237 e. The molecule has 32 heavy (non-hydrogen) atoms. The molecule has 0 saturated carbocycles. The Hall–Kier alpha value is -3.60. The first-order chi connectivity index (χ1) is 15.6. The lowest BCUT2D eigenvalue weighted by molar-refractivity contribution is -0.115. The molecule has 1 heterocycles. The molecule has 0 spiro atoms. The molecule has 0 fully saturated rings. The first kappa shape index (κ1) is 21.6. The van der Waals surface area contributed by atoms with E-state index in [4.69, 9.17) is 11.6 Å². The number of hydrogen-bond acceptors (Lipinski definition) is 5. The standard InChI is InChI=1S/C24H18ClN5OS/c1-16(23(31)27-21-10-6-5-9-18(21)15-26)32-24-29-28-22(17-7-3-2-4-8-17)30(24)20-13-11-19(25)12-14-20/h2-14,16H,1H3,(H,27,31). The highest BCUT2D eigenvalue weighted by Crippen LogP contribution is 2.31. The van der Waals surface area contributed by atoms with Crippen LogP contribution >= 0.6 is 23.4 Å². The largest absolute Gasteiger partial charge is 0.324 e. The van der Waals surface area contributed by atoms with E-state index in [1.54, 1.807) is 43.3 Å². The van der Waals surface area contributed by atoms with Gasteiger partial charge in [-0.2, -0.15) is 5.26 Å². The van der Waals surface area contributed by atoms with Gasteiger partial charge in [0.2, 0.25) is 5.91 Å². The van der Waals surface area contributed by atoms with Crippen molar-refractivity contribution in [1.82, 2.24) is 14.8 Å². The molecule has 0 aliphatic heterocycles. The van der Waals surface area contributed by atoms with Gasteiger partial charge in [0.15, 0.2) is 11.0 Å². The minimum atomic E-state index is -0.486. The van der Waals surface area contributed by atoms with Gasteiger partial charge in [0.25, 0.3) is 0 Å². The molecule has 0 aliphatic rings. The van der Waals surface area contributed by atoms with Crippen LogP contribution in [0.15, 0.2) is 84.0 Å². The lowest BCUT2D eigenvalue weighted by Crippen LogP contribution is -2.23. The monoisotopic (exact) mass is 459 g/mol. The maximum atomic E-state index is 12.8. The highest BCUT2D eigenvalue weighted by Gasteiger charge is 2.22. The first-order valence-electron chi connectivity index (χ1n) is 9.80. The summed E-state index contributed by atoms with van der Waals surface area (Å²) in [7, 11) is 0. The van der Waals surface area contributed by atoms with Gasteiger partial charge >= 0.3 is 0 Å². The van der Waals surface area contributed by atoms with Crippen LogP contribution in [0.25, 0.3) is 17.1 Å². The molecule has 4 rings (SSSR count). The second-order valence-corrected chi connectivity index (χ2v) is 8.64. The smallest absolute Gasteiger partial charge is 0.237 e. The molecule has 0 saturated heterocycles. The van der Waals surface area contributed by atoms with Crippen LogP contribution in [-0.2, 0) is 4.79 Å². The van der Waals surface area contributed by atoms with Crippen molar-refractivity contribution in [3.63, 3.8) is 0 Å². The van der Waals surface area contributed by atoms with Crippen molar-refractivity contribution in [2.24, 2.45) is 0 Å². The Labute approximate surface area is 194 Å². The Balaban J connectivity index is 1.65. The Morgan fingerprint density at radius 1 is 1.03 bits per heavy atom. The van der Waals surface area contributed by atoms with Crippen LogP contribution in [0.1, 0.15) is 12.5 Å². The number of aromatic nitrogens is 3. The number of nitrogens with one attached hydrogen (secondary N) is 1. The molecule has 0 bridgehead atoms. The number of benzene rings is 3. The van der Waals surface area contributed by atoms with E-state index in [1.165, 1.54) is 11.8 Å². The molecule has 1 aromatic heterocycles. The number of carbonyl (C=O) groups excluding carboxylic acids is 1. The second-order valence-electron chi connectivity index (χ2n) is 6.89. The van der Waals surface area contributed by atoms with Crippen LogP contribution in [-0.4, -0.2) is 25.9 Å². The molecular weight excluding hydrogens is 442 g/mol. The third-order valence-electron chi connectivity index (χ3n) is 4.71. The normalized spacial score (nSPS) is 11.5. The highest BCUT2D eigenvalue weighted by atomic mass is 35.5. The maximum absolute atomic E-state index is 12.8. The van der Waals surface area contributed by atoms with E-state index in [9.17, 15) is 10.1 Å². The van der Waals surface area contributed by atoms with Crippen LogP contribution in [0.4, 0.5) is 5.69 Å². The molecule has 6 nitrogen and oxygen atoms in total. The van der Waals surface area contributed by atoms with E-state index in [2.05, 4.69) is 21.6 Å². The third-order valence-corrected chi connectivity index (χ3v) is 6.00. The van der Waals surface area contributed by atoms with Gasteiger partial charge < -0.3 is 5.32 Å². The van der Waals surface area contributed by atoms with E-state index in [0.29, 0.717) is 27.3 Å². The number of para-hydroxylation sites is 1. The van der Waals surface area contributed by atoms with E-state index < -0.39 is 5.25 Å². The Morgan fingerprint density at radius 3 is 2.44 bits per heavy atom. The van der Waals surface area contributed by atoms with Crippen LogP contribution in [0, 0.1) is 11.3 Å². The summed E-state index contributed by atoms with van der Waals surface area (Å²) in [5, 5.41) is 21.6. The van der Waals surface area contributed by atoms with Gasteiger partial charge in [-0.25, -0.2) is 0 Å². The van der Waals surface area contributed by atoms with Gasteiger partial charge in [0.1, 0.15) is 6.07 Å². The number of halogens is 1. The topological polar surface area (TPSA) is 83.6 Å². The van der Waals surface area contributed by atoms with Crippen molar-refractivity contribution in [2.75, 3.05) is 5.32 Å². The summed E-state index contributed by atoms with van der Waals surface area (Å²) in [5.41, 5.74) is 2.63. The zero-order valence-corrected chi connectivity index (χ0v) is 18.6. The zero-order chi connectivity index (χ0) is 22.5. The van der Waals surface area contributed by atoms with Crippen molar-refractivity contribution in [2.45, 2.75) is 17.3 Å². The average Bonchev–Trinajstić information content (AvgIpc) is 3.24. The van der Waals surface area contributed by atoms with Crippen molar-refractivity contribution < 1.29 is 4.79 Å². The van der Waals surface area contributed by atoms with Crippen LogP contribution in [0.5, 0.6) is 0 Å². The average molecular weight is 460 g/mol. The van der Waals surface area contributed by atoms with Crippen LogP contribution in [0.3, 0.4) is 0 Å². The van der Waals surface area contributed by atoms with Gasteiger partial charge in [-0.05, 0) is 43.3 Å². The quantitative estimate of drug-likeness (QED) is 0.380. The number of hydrogen-bond donors (Lipinski definition) is 1. The lowest BCUT2D eigenvalue weighted by Gasteiger charge is -2.14. The highest BCUT2D eigenvalue weighted by molar-refractivity contribution is 8.00. The molecule has 1 N–H and O–H groups in total. The number of anilines is 1. The molecule has 1 amide bonds. The van der Waals surface area contributed by atoms with E-state index in [0.717, 1.165) is 11.3 Å². The van der Waals surface area contributed by atoms with E-state index in [1.807, 2.05) is 47.0 Å². The molecular formula is C24H18ClN5OS. The van der Waals surface area contributed by atoms with Crippen molar-refractivity contribution >= 4 is 35.0 Å². The summed E-state index contributed by atoms with van der Waals surface area (Å²) in [4.78, 5) is 12.8. The molecule has 0 aliphatic carbocycles. The minimum absolute atomic E-state index is 0.232. The summed E-state index contributed by atoms with van der Waals surface area (Å²) < 4.78 is 1.91. The molecule has 0 radical (unpaired) electrons. The lowest BCUT2D eigenvalue weighted by atomic mass is 10.2. The molecule has 158 valence electrons. The molecule has 8 heteroatoms. The first-order valence-corrected chi connectivity index (χ1v) is 11.1. The Morgan fingerprint density at radius 2 is 1.72 bits per heavy atom. The summed E-state index contributed by atoms with van der Waals surface area (Å²) >= 11 is 7.36. The minimum Gasteiger partial charge on any atom is -0.324 e. The number of amides is 1. The van der Waals surface area contributed by atoms with Gasteiger partial charge in [0.05, 0.1) is 16.5 Å². The van der Waals surface area contributed by atoms with Crippen LogP contribution in [0.2, 0.25) is 5.02 Å². The number of nitrogens with zero attached hydrogens (tertiary/aromatic N) is 4. The molecule has 3 aromatic carbocycles. The Kier molecular flexibility index (Phi) is 6.55. The summed E-state index contributed by atoms with van der Waals surface area (Å²) in [6.07, 6.45) is 0. The van der Waals surface area contributed by atoms with E-state index in [-0.39, 0.29) is 5.91 Å². The molecule has 1 atom stereocenters. The zero-order valence-electron chi connectivity index (χ0n) is 17.1. The van der Waals surface area contributed by atoms with Gasteiger partial charge in [-0.1, -0.05) is 65.8 Å². The SMILES string of the molecule is CC(Sc1nnc(-c2ccccc2)n1-c1ccc(Cl)cc1)C(=O)Nc1ccccc1C#N. The predicted molar refractivity (Wildman–Crippen MR) is 127 cm³/mol. The number of rotatable bonds is 6. The third kappa shape index (κ3) is 4.67. The molecule has 1 unspecified atom stereocenters. The van der Waals surface area contributed by atoms with E-state index >= 15 is 0 Å². The fourth-order valence-electron chi connectivity index (χ4n) is 3.08. The van der Waals surface area contributed by atoms with Gasteiger partial charge in [0, 0.05) is 16.3 Å². The fourth-order valence-corrected chi connectivity index (χ4v) is 4.07. The Bertz CT molecular complexity index is 1280. The summed E-state index contributed by atoms with van der Waals surface area (Å²) in [6.45, 7) is 1.79. The number of nitriles is 1. The fraction of sp³-hybridized carbons (Fsp3) is 0.0833. The summed E-state index contributed by atoms with van der Waals surface area (Å²) in [5.74, 6) is 0.433. The second kappa shape index (κ2) is 9.69. The van der Waals surface area contributed by atoms with Gasteiger partial charge in [-0.15, -0.1) is 10.2 Å². The molecule has 4 aromatic rings. The van der Waals surface area contributed by atoms with Gasteiger partial charge in [-0.3, -0.25) is 9.36 Å².